The molecule has 0 fully saturated rings. The van der Waals surface area contributed by atoms with Crippen LogP contribution in [0.15, 0.2) is 48.5 Å². The zero-order chi connectivity index (χ0) is 21.8. The molecule has 30 heavy (non-hydrogen) atoms. The Bertz CT molecular complexity index is 847. The van der Waals surface area contributed by atoms with Gasteiger partial charge in [0.05, 0.1) is 6.61 Å². The van der Waals surface area contributed by atoms with Gasteiger partial charge in [-0.15, -0.1) is 0 Å². The van der Waals surface area contributed by atoms with Crippen molar-refractivity contribution < 1.29 is 28.6 Å². The molecule has 0 aliphatic heterocycles. The quantitative estimate of drug-likeness (QED) is 0.327. The molecular weight excluding hydrogens is 386 g/mol. The van der Waals surface area contributed by atoms with Crippen molar-refractivity contribution >= 4 is 17.7 Å². The first-order valence-corrected chi connectivity index (χ1v) is 9.86. The van der Waals surface area contributed by atoms with Crippen LogP contribution in [-0.4, -0.2) is 44.0 Å². The molecule has 1 amide bonds. The molecule has 2 aromatic carbocycles. The van der Waals surface area contributed by atoms with Gasteiger partial charge in [0.1, 0.15) is 0 Å². The summed E-state index contributed by atoms with van der Waals surface area (Å²) in [5, 5.41) is 2.74. The van der Waals surface area contributed by atoms with Gasteiger partial charge in [-0.2, -0.15) is 0 Å². The number of carbonyl (C=O) groups excluding carboxylic acids is 3. The molecule has 2 rings (SSSR count). The fraction of sp³-hybridized carbons (Fsp3) is 0.348. The van der Waals surface area contributed by atoms with Gasteiger partial charge in [0.15, 0.2) is 30.5 Å². The zero-order valence-electron chi connectivity index (χ0n) is 17.3. The van der Waals surface area contributed by atoms with Crippen LogP contribution in [0.2, 0.25) is 0 Å². The standard InChI is InChI=1S/C23H27NO6/c1-3-28-21-8-4-5-9-22(21)29-16-23(27)30-15-20(26)19-12-10-18(11-13-19)7-6-14-24-17(2)25/h4-5,8-13H,3,6-7,14-16H2,1-2H3,(H,24,25). The first-order valence-electron chi connectivity index (χ1n) is 9.86. The Hall–Kier alpha value is -3.35. The number of para-hydroxylation sites is 2. The number of hydrogen-bond acceptors (Lipinski definition) is 6. The first kappa shape index (κ1) is 22.9. The molecule has 0 radical (unpaired) electrons. The van der Waals surface area contributed by atoms with Crippen LogP contribution in [0.25, 0.3) is 0 Å². The minimum atomic E-state index is -0.635. The van der Waals surface area contributed by atoms with E-state index < -0.39 is 5.97 Å². The molecular formula is C23H27NO6. The van der Waals surface area contributed by atoms with E-state index in [-0.39, 0.29) is 24.9 Å². The van der Waals surface area contributed by atoms with Crippen LogP contribution < -0.4 is 14.8 Å². The maximum Gasteiger partial charge on any atom is 0.344 e. The Labute approximate surface area is 176 Å². The van der Waals surface area contributed by atoms with Crippen LogP contribution in [0, 0.1) is 0 Å². The van der Waals surface area contributed by atoms with Crippen molar-refractivity contribution in [3.8, 4) is 11.5 Å². The summed E-state index contributed by atoms with van der Waals surface area (Å²) in [4.78, 5) is 35.0. The number of amides is 1. The third-order valence-electron chi connectivity index (χ3n) is 4.15. The minimum Gasteiger partial charge on any atom is -0.490 e. The predicted molar refractivity (Wildman–Crippen MR) is 112 cm³/mol. The van der Waals surface area contributed by atoms with E-state index in [1.54, 1.807) is 30.3 Å². The van der Waals surface area contributed by atoms with Gasteiger partial charge in [-0.3, -0.25) is 9.59 Å². The van der Waals surface area contributed by atoms with Crippen molar-refractivity contribution in [2.75, 3.05) is 26.4 Å². The molecule has 0 aliphatic rings. The molecule has 0 spiro atoms. The second-order valence-corrected chi connectivity index (χ2v) is 6.54. The number of carbonyl (C=O) groups is 3. The highest BCUT2D eigenvalue weighted by molar-refractivity contribution is 5.98. The number of hydrogen-bond donors (Lipinski definition) is 1. The normalized spacial score (nSPS) is 10.2. The van der Waals surface area contributed by atoms with Crippen molar-refractivity contribution in [2.45, 2.75) is 26.7 Å². The number of Topliss-reactive ketones (excluding diaryl/α,β-unsaturated/α-hetero) is 1. The van der Waals surface area contributed by atoms with Gasteiger partial charge >= 0.3 is 5.97 Å². The first-order chi connectivity index (χ1) is 14.5. The van der Waals surface area contributed by atoms with E-state index in [4.69, 9.17) is 14.2 Å². The average molecular weight is 413 g/mol. The smallest absolute Gasteiger partial charge is 0.344 e. The highest BCUT2D eigenvalue weighted by atomic mass is 16.6. The van der Waals surface area contributed by atoms with Gasteiger partial charge in [0.25, 0.3) is 0 Å². The number of nitrogens with one attached hydrogen (secondary N) is 1. The minimum absolute atomic E-state index is 0.0469. The van der Waals surface area contributed by atoms with E-state index in [0.29, 0.717) is 30.2 Å². The van der Waals surface area contributed by atoms with E-state index in [1.165, 1.54) is 6.92 Å². The molecule has 0 saturated heterocycles. The molecule has 0 atom stereocenters. The average Bonchev–Trinajstić information content (AvgIpc) is 2.75. The van der Waals surface area contributed by atoms with Crippen LogP contribution in [0.4, 0.5) is 0 Å². The van der Waals surface area contributed by atoms with Crippen molar-refractivity contribution in [1.29, 1.82) is 0 Å². The topological polar surface area (TPSA) is 90.9 Å². The maximum absolute atomic E-state index is 12.2. The van der Waals surface area contributed by atoms with Gasteiger partial charge in [-0.25, -0.2) is 4.79 Å². The fourth-order valence-electron chi connectivity index (χ4n) is 2.67. The summed E-state index contributed by atoms with van der Waals surface area (Å²) in [6.07, 6.45) is 1.61. The summed E-state index contributed by atoms with van der Waals surface area (Å²) >= 11 is 0. The van der Waals surface area contributed by atoms with Crippen molar-refractivity contribution in [1.82, 2.24) is 5.32 Å². The number of benzene rings is 2. The lowest BCUT2D eigenvalue weighted by molar-refractivity contribution is -0.144. The maximum atomic E-state index is 12.2. The van der Waals surface area contributed by atoms with Gasteiger partial charge in [0.2, 0.25) is 5.91 Å². The van der Waals surface area contributed by atoms with E-state index in [9.17, 15) is 14.4 Å². The second-order valence-electron chi connectivity index (χ2n) is 6.54. The number of ether oxygens (including phenoxy) is 3. The summed E-state index contributed by atoms with van der Waals surface area (Å²) in [6, 6.07) is 14.2. The van der Waals surface area contributed by atoms with Gasteiger partial charge in [0, 0.05) is 19.0 Å². The summed E-state index contributed by atoms with van der Waals surface area (Å²) < 4.78 is 15.9. The van der Waals surface area contributed by atoms with Gasteiger partial charge < -0.3 is 19.5 Å². The monoisotopic (exact) mass is 413 g/mol. The molecule has 0 aromatic heterocycles. The Morgan fingerprint density at radius 3 is 2.20 bits per heavy atom. The van der Waals surface area contributed by atoms with Crippen LogP contribution in [0.3, 0.4) is 0 Å². The number of aryl methyl sites for hydroxylation is 1. The number of esters is 1. The van der Waals surface area contributed by atoms with Crippen LogP contribution in [0.5, 0.6) is 11.5 Å². The lowest BCUT2D eigenvalue weighted by Crippen LogP contribution is -2.21. The largest absolute Gasteiger partial charge is 0.490 e. The summed E-state index contributed by atoms with van der Waals surface area (Å²) in [5.74, 6) is 0.0132. The Morgan fingerprint density at radius 2 is 1.57 bits per heavy atom. The summed E-state index contributed by atoms with van der Waals surface area (Å²) in [7, 11) is 0. The Kier molecular flexibility index (Phi) is 9.37. The van der Waals surface area contributed by atoms with Gasteiger partial charge in [-0.1, -0.05) is 36.4 Å². The number of ketones is 1. The number of rotatable bonds is 12. The van der Waals surface area contributed by atoms with E-state index in [0.717, 1.165) is 18.4 Å². The molecule has 160 valence electrons. The van der Waals surface area contributed by atoms with Crippen LogP contribution in [0.1, 0.15) is 36.2 Å². The van der Waals surface area contributed by atoms with E-state index in [1.807, 2.05) is 25.1 Å². The molecule has 0 unspecified atom stereocenters. The lowest BCUT2D eigenvalue weighted by atomic mass is 10.1. The molecule has 0 aliphatic carbocycles. The Morgan fingerprint density at radius 1 is 0.900 bits per heavy atom. The van der Waals surface area contributed by atoms with Crippen molar-refractivity contribution in [3.63, 3.8) is 0 Å². The summed E-state index contributed by atoms with van der Waals surface area (Å²) in [5.41, 5.74) is 1.53. The summed E-state index contributed by atoms with van der Waals surface area (Å²) in [6.45, 7) is 3.77. The zero-order valence-corrected chi connectivity index (χ0v) is 17.3. The van der Waals surface area contributed by atoms with Crippen molar-refractivity contribution in [3.05, 3.63) is 59.7 Å². The highest BCUT2D eigenvalue weighted by Crippen LogP contribution is 2.26. The van der Waals surface area contributed by atoms with Gasteiger partial charge in [-0.05, 0) is 37.5 Å². The highest BCUT2D eigenvalue weighted by Gasteiger charge is 2.12. The fourth-order valence-corrected chi connectivity index (χ4v) is 2.67. The molecule has 0 bridgehead atoms. The van der Waals surface area contributed by atoms with Crippen LogP contribution in [-0.2, 0) is 20.7 Å². The van der Waals surface area contributed by atoms with Crippen molar-refractivity contribution in [2.24, 2.45) is 0 Å². The second kappa shape index (κ2) is 12.3. The van der Waals surface area contributed by atoms with Crippen LogP contribution >= 0.6 is 0 Å². The molecule has 0 saturated carbocycles. The Balaban J connectivity index is 1.74. The van der Waals surface area contributed by atoms with E-state index >= 15 is 0 Å². The van der Waals surface area contributed by atoms with E-state index in [2.05, 4.69) is 5.32 Å². The SMILES string of the molecule is CCOc1ccccc1OCC(=O)OCC(=O)c1ccc(CCCNC(C)=O)cc1. The predicted octanol–water partition coefficient (Wildman–Crippen LogP) is 2.96. The molecule has 7 heteroatoms. The molecule has 7 nitrogen and oxygen atoms in total. The third-order valence-corrected chi connectivity index (χ3v) is 4.15. The lowest BCUT2D eigenvalue weighted by Gasteiger charge is -2.11. The molecule has 0 heterocycles. The molecule has 2 aromatic rings. The molecule has 1 N–H and O–H groups in total. The third kappa shape index (κ3) is 7.95.